The van der Waals surface area contributed by atoms with Crippen molar-refractivity contribution in [2.45, 2.75) is 32.2 Å². The predicted molar refractivity (Wildman–Crippen MR) is 76.6 cm³/mol. The van der Waals surface area contributed by atoms with Crippen LogP contribution in [0, 0.1) is 17.8 Å². The Morgan fingerprint density at radius 3 is 2.70 bits per heavy atom. The lowest BCUT2D eigenvalue weighted by Gasteiger charge is -2.21. The van der Waals surface area contributed by atoms with Crippen LogP contribution in [0.1, 0.15) is 25.7 Å². The molecule has 4 rings (SSSR count). The number of aromatic nitrogens is 4. The number of tetrazole rings is 1. The summed E-state index contributed by atoms with van der Waals surface area (Å²) >= 11 is 0. The molecule has 20 heavy (non-hydrogen) atoms. The van der Waals surface area contributed by atoms with Crippen molar-refractivity contribution in [2.24, 2.45) is 17.8 Å². The first-order valence-electron chi connectivity index (χ1n) is 7.41. The van der Waals surface area contributed by atoms with E-state index in [1.165, 1.54) is 25.7 Å². The second-order valence-electron chi connectivity index (χ2n) is 6.24. The van der Waals surface area contributed by atoms with Gasteiger partial charge in [-0.3, -0.25) is 0 Å². The van der Waals surface area contributed by atoms with Gasteiger partial charge in [-0.15, -0.1) is 5.10 Å². The quantitative estimate of drug-likeness (QED) is 0.868. The highest BCUT2D eigenvalue weighted by atomic mass is 15.5. The Labute approximate surface area is 118 Å². The van der Waals surface area contributed by atoms with Gasteiger partial charge < -0.3 is 5.73 Å². The first kappa shape index (κ1) is 11.9. The fourth-order valence-corrected chi connectivity index (χ4v) is 3.99. The first-order valence-corrected chi connectivity index (χ1v) is 7.41. The van der Waals surface area contributed by atoms with Gasteiger partial charge in [0.15, 0.2) is 5.82 Å². The molecule has 0 amide bonds. The molecule has 2 N–H and O–H groups in total. The molecule has 0 saturated heterocycles. The van der Waals surface area contributed by atoms with Crippen molar-refractivity contribution in [1.29, 1.82) is 0 Å². The number of nitrogen functional groups attached to an aromatic ring is 1. The van der Waals surface area contributed by atoms with Crippen molar-refractivity contribution < 1.29 is 0 Å². The molecule has 2 aliphatic rings. The molecule has 1 heterocycles. The van der Waals surface area contributed by atoms with Crippen LogP contribution in [0.4, 0.5) is 5.69 Å². The zero-order valence-electron chi connectivity index (χ0n) is 11.4. The maximum Gasteiger partial charge on any atom is 0.182 e. The van der Waals surface area contributed by atoms with E-state index in [9.17, 15) is 0 Å². The third-order valence-corrected chi connectivity index (χ3v) is 4.99. The maximum atomic E-state index is 5.73. The monoisotopic (exact) mass is 269 g/mol. The van der Waals surface area contributed by atoms with E-state index in [4.69, 9.17) is 5.73 Å². The standard InChI is InChI=1S/C15H19N5/c16-14-5-3-11(4-6-14)15-17-18-19-20(15)9-13-8-10-1-2-12(13)7-10/h3-6,10,12-13H,1-2,7-9,16H2. The fourth-order valence-electron chi connectivity index (χ4n) is 3.99. The van der Waals surface area contributed by atoms with E-state index < -0.39 is 0 Å². The molecule has 3 unspecified atom stereocenters. The molecule has 104 valence electrons. The summed E-state index contributed by atoms with van der Waals surface area (Å²) in [5.74, 6) is 3.46. The number of benzene rings is 1. The first-order chi connectivity index (χ1) is 9.79. The zero-order chi connectivity index (χ0) is 13.5. The Hall–Kier alpha value is -1.91. The highest BCUT2D eigenvalue weighted by Crippen LogP contribution is 2.48. The minimum Gasteiger partial charge on any atom is -0.399 e. The lowest BCUT2D eigenvalue weighted by molar-refractivity contribution is 0.284. The van der Waals surface area contributed by atoms with Crippen molar-refractivity contribution >= 4 is 5.69 Å². The van der Waals surface area contributed by atoms with Gasteiger partial charge in [0.05, 0.1) is 0 Å². The number of rotatable bonds is 3. The normalized spacial score (nSPS) is 28.1. The summed E-state index contributed by atoms with van der Waals surface area (Å²) in [7, 11) is 0. The molecule has 1 aromatic heterocycles. The van der Waals surface area contributed by atoms with Gasteiger partial charge in [0.2, 0.25) is 0 Å². The molecule has 1 aromatic carbocycles. The van der Waals surface area contributed by atoms with Crippen molar-refractivity contribution in [1.82, 2.24) is 20.2 Å². The fraction of sp³-hybridized carbons (Fsp3) is 0.533. The van der Waals surface area contributed by atoms with Crippen LogP contribution in [0.3, 0.4) is 0 Å². The summed E-state index contributed by atoms with van der Waals surface area (Å²) in [6, 6.07) is 7.76. The van der Waals surface area contributed by atoms with E-state index >= 15 is 0 Å². The van der Waals surface area contributed by atoms with Crippen LogP contribution in [0.5, 0.6) is 0 Å². The van der Waals surface area contributed by atoms with Crippen LogP contribution in [0.25, 0.3) is 11.4 Å². The number of fused-ring (bicyclic) bond motifs is 2. The van der Waals surface area contributed by atoms with Crippen molar-refractivity contribution in [2.75, 3.05) is 5.73 Å². The van der Waals surface area contributed by atoms with Gasteiger partial charge in [-0.1, -0.05) is 6.42 Å². The maximum absolute atomic E-state index is 5.73. The molecule has 2 aromatic rings. The molecular weight excluding hydrogens is 250 g/mol. The van der Waals surface area contributed by atoms with Crippen LogP contribution in [0.2, 0.25) is 0 Å². The lowest BCUT2D eigenvalue weighted by Crippen LogP contribution is -2.18. The Bertz CT molecular complexity index is 603. The Morgan fingerprint density at radius 1 is 1.15 bits per heavy atom. The molecule has 0 aliphatic heterocycles. The Morgan fingerprint density at radius 2 is 2.00 bits per heavy atom. The van der Waals surface area contributed by atoms with E-state index in [2.05, 4.69) is 15.5 Å². The topological polar surface area (TPSA) is 69.6 Å². The summed E-state index contributed by atoms with van der Waals surface area (Å²) < 4.78 is 1.97. The molecule has 2 fully saturated rings. The van der Waals surface area contributed by atoms with Gasteiger partial charge in [0, 0.05) is 17.8 Å². The predicted octanol–water partition coefficient (Wildman–Crippen LogP) is 2.36. The van der Waals surface area contributed by atoms with Crippen LogP contribution < -0.4 is 5.73 Å². The number of nitrogens with two attached hydrogens (primary N) is 1. The van der Waals surface area contributed by atoms with Gasteiger partial charge in [0.1, 0.15) is 0 Å². The van der Waals surface area contributed by atoms with Crippen LogP contribution in [-0.4, -0.2) is 20.2 Å². The molecule has 0 radical (unpaired) electrons. The molecule has 5 nitrogen and oxygen atoms in total. The number of hydrogen-bond donors (Lipinski definition) is 1. The van der Waals surface area contributed by atoms with E-state index in [1.54, 1.807) is 0 Å². The van der Waals surface area contributed by atoms with Crippen molar-refractivity contribution in [3.05, 3.63) is 24.3 Å². The molecular formula is C15H19N5. The van der Waals surface area contributed by atoms with E-state index in [0.717, 1.165) is 41.4 Å². The van der Waals surface area contributed by atoms with Crippen LogP contribution in [-0.2, 0) is 6.54 Å². The Kier molecular flexibility index (Phi) is 2.72. The lowest BCUT2D eigenvalue weighted by atomic mass is 9.89. The van der Waals surface area contributed by atoms with E-state index in [1.807, 2.05) is 28.9 Å². The third kappa shape index (κ3) is 1.97. The highest BCUT2D eigenvalue weighted by molar-refractivity contribution is 5.58. The average molecular weight is 269 g/mol. The minimum atomic E-state index is 0.754. The molecule has 2 saturated carbocycles. The second-order valence-corrected chi connectivity index (χ2v) is 6.24. The van der Waals surface area contributed by atoms with Crippen LogP contribution >= 0.6 is 0 Å². The van der Waals surface area contributed by atoms with Gasteiger partial charge in [-0.05, 0) is 71.7 Å². The van der Waals surface area contributed by atoms with Crippen molar-refractivity contribution in [3.63, 3.8) is 0 Å². The number of nitrogens with zero attached hydrogens (tertiary/aromatic N) is 4. The summed E-state index contributed by atoms with van der Waals surface area (Å²) in [6.07, 6.45) is 5.60. The van der Waals surface area contributed by atoms with E-state index in [0.29, 0.717) is 0 Å². The van der Waals surface area contributed by atoms with Crippen molar-refractivity contribution in [3.8, 4) is 11.4 Å². The third-order valence-electron chi connectivity index (χ3n) is 4.99. The number of anilines is 1. The highest BCUT2D eigenvalue weighted by Gasteiger charge is 2.39. The Balaban J connectivity index is 1.57. The molecule has 0 spiro atoms. The van der Waals surface area contributed by atoms with Gasteiger partial charge in [-0.25, -0.2) is 4.68 Å². The largest absolute Gasteiger partial charge is 0.399 e. The van der Waals surface area contributed by atoms with Gasteiger partial charge >= 0.3 is 0 Å². The van der Waals surface area contributed by atoms with Gasteiger partial charge in [0.25, 0.3) is 0 Å². The molecule has 3 atom stereocenters. The number of hydrogen-bond acceptors (Lipinski definition) is 4. The molecule has 2 bridgehead atoms. The summed E-state index contributed by atoms with van der Waals surface area (Å²) in [6.45, 7) is 0.952. The molecule has 5 heteroatoms. The van der Waals surface area contributed by atoms with Gasteiger partial charge in [-0.2, -0.15) is 0 Å². The molecule has 2 aliphatic carbocycles. The zero-order valence-corrected chi connectivity index (χ0v) is 11.4. The summed E-state index contributed by atoms with van der Waals surface area (Å²) in [4.78, 5) is 0. The summed E-state index contributed by atoms with van der Waals surface area (Å²) in [5.41, 5.74) is 7.53. The SMILES string of the molecule is Nc1ccc(-c2nnnn2CC2CC3CCC2C3)cc1. The smallest absolute Gasteiger partial charge is 0.182 e. The summed E-state index contributed by atoms with van der Waals surface area (Å²) in [5, 5.41) is 12.2. The van der Waals surface area contributed by atoms with Crippen LogP contribution in [0.15, 0.2) is 24.3 Å². The minimum absolute atomic E-state index is 0.754. The average Bonchev–Trinajstić information content (AvgIpc) is 3.16. The second kappa shape index (κ2) is 4.58. The van der Waals surface area contributed by atoms with E-state index in [-0.39, 0.29) is 0 Å².